The SMILES string of the molecule is Cc1cc(C)n(CC(=O)NNC(=O)c2cccc(S(=O)(=O)NCc3ccco3)c2)n1. The number of aromatic nitrogens is 2. The number of hydrazine groups is 1. The van der Waals surface area contributed by atoms with Crippen LogP contribution in [0.5, 0.6) is 0 Å². The van der Waals surface area contributed by atoms with Crippen molar-refractivity contribution in [2.45, 2.75) is 31.8 Å². The minimum atomic E-state index is -3.86. The number of benzene rings is 1. The lowest BCUT2D eigenvalue weighted by atomic mass is 10.2. The number of nitrogens with one attached hydrogen (secondary N) is 3. The van der Waals surface area contributed by atoms with E-state index in [2.05, 4.69) is 20.7 Å². The fourth-order valence-electron chi connectivity index (χ4n) is 2.68. The number of carbonyl (C=O) groups is 2. The molecule has 0 aliphatic heterocycles. The molecule has 10 nitrogen and oxygen atoms in total. The van der Waals surface area contributed by atoms with Crippen LogP contribution in [0.1, 0.15) is 27.5 Å². The third kappa shape index (κ3) is 5.33. The summed E-state index contributed by atoms with van der Waals surface area (Å²) in [5.74, 6) is -0.670. The van der Waals surface area contributed by atoms with Crippen LogP contribution < -0.4 is 15.6 Å². The van der Waals surface area contributed by atoms with Gasteiger partial charge in [-0.05, 0) is 50.2 Å². The van der Waals surface area contributed by atoms with Gasteiger partial charge in [-0.2, -0.15) is 5.10 Å². The first-order valence-corrected chi connectivity index (χ1v) is 10.5. The number of nitrogens with zero attached hydrogens (tertiary/aromatic N) is 2. The third-order valence-electron chi connectivity index (χ3n) is 4.14. The van der Waals surface area contributed by atoms with E-state index in [-0.39, 0.29) is 23.5 Å². The van der Waals surface area contributed by atoms with E-state index in [9.17, 15) is 18.0 Å². The number of hydrogen-bond acceptors (Lipinski definition) is 6. The molecule has 0 saturated heterocycles. The molecule has 0 saturated carbocycles. The zero-order valence-corrected chi connectivity index (χ0v) is 17.2. The van der Waals surface area contributed by atoms with Crippen molar-refractivity contribution in [1.82, 2.24) is 25.4 Å². The van der Waals surface area contributed by atoms with E-state index in [0.29, 0.717) is 5.76 Å². The summed E-state index contributed by atoms with van der Waals surface area (Å²) >= 11 is 0. The van der Waals surface area contributed by atoms with Crippen molar-refractivity contribution in [2.75, 3.05) is 0 Å². The van der Waals surface area contributed by atoms with Crippen LogP contribution >= 0.6 is 0 Å². The van der Waals surface area contributed by atoms with Gasteiger partial charge in [-0.1, -0.05) is 6.07 Å². The molecular formula is C19H21N5O5S. The van der Waals surface area contributed by atoms with E-state index in [4.69, 9.17) is 4.42 Å². The fraction of sp³-hybridized carbons (Fsp3) is 0.211. The van der Waals surface area contributed by atoms with E-state index in [1.54, 1.807) is 12.1 Å². The summed E-state index contributed by atoms with van der Waals surface area (Å²) in [6.45, 7) is 3.55. The van der Waals surface area contributed by atoms with Gasteiger partial charge in [0.05, 0.1) is 23.4 Å². The standard InChI is InChI=1S/C19H21N5O5S/c1-13-9-14(2)24(23-13)12-18(25)21-22-19(26)15-5-3-7-17(10-15)30(27,28)20-11-16-6-4-8-29-16/h3-10,20H,11-12H2,1-2H3,(H,21,25)(H,22,26). The van der Waals surface area contributed by atoms with Gasteiger partial charge in [0, 0.05) is 11.3 Å². The van der Waals surface area contributed by atoms with Crippen LogP contribution in [0, 0.1) is 13.8 Å². The van der Waals surface area contributed by atoms with Crippen molar-refractivity contribution in [3.05, 3.63) is 71.4 Å². The van der Waals surface area contributed by atoms with Gasteiger partial charge in [-0.15, -0.1) is 0 Å². The van der Waals surface area contributed by atoms with Gasteiger partial charge in [-0.25, -0.2) is 13.1 Å². The maximum absolute atomic E-state index is 12.4. The molecule has 2 heterocycles. The second-order valence-corrected chi connectivity index (χ2v) is 8.29. The maximum atomic E-state index is 12.4. The minimum absolute atomic E-state index is 0.0197. The summed E-state index contributed by atoms with van der Waals surface area (Å²) in [7, 11) is -3.86. The summed E-state index contributed by atoms with van der Waals surface area (Å²) in [4.78, 5) is 24.3. The Hall–Kier alpha value is -3.44. The first kappa shape index (κ1) is 21.3. The molecule has 3 aromatic rings. The lowest BCUT2D eigenvalue weighted by molar-refractivity contribution is -0.122. The van der Waals surface area contributed by atoms with Crippen molar-refractivity contribution in [1.29, 1.82) is 0 Å². The quantitative estimate of drug-likeness (QED) is 0.478. The predicted octanol–water partition coefficient (Wildman–Crippen LogP) is 1.03. The van der Waals surface area contributed by atoms with Gasteiger partial charge < -0.3 is 4.42 Å². The van der Waals surface area contributed by atoms with Crippen LogP contribution in [0.25, 0.3) is 0 Å². The molecule has 11 heteroatoms. The highest BCUT2D eigenvalue weighted by Gasteiger charge is 2.17. The van der Waals surface area contributed by atoms with Gasteiger partial charge in [0.25, 0.3) is 11.8 Å². The van der Waals surface area contributed by atoms with Crippen LogP contribution in [-0.2, 0) is 27.9 Å². The molecule has 2 amide bonds. The first-order chi connectivity index (χ1) is 14.2. The summed E-state index contributed by atoms with van der Waals surface area (Å²) in [5.41, 5.74) is 6.23. The highest BCUT2D eigenvalue weighted by atomic mass is 32.2. The second kappa shape index (κ2) is 8.93. The Morgan fingerprint density at radius 3 is 2.57 bits per heavy atom. The smallest absolute Gasteiger partial charge is 0.269 e. The monoisotopic (exact) mass is 431 g/mol. The number of hydrogen-bond donors (Lipinski definition) is 3. The second-order valence-electron chi connectivity index (χ2n) is 6.52. The van der Waals surface area contributed by atoms with Crippen molar-refractivity contribution in [3.8, 4) is 0 Å². The van der Waals surface area contributed by atoms with Crippen LogP contribution in [0.4, 0.5) is 0 Å². The minimum Gasteiger partial charge on any atom is -0.468 e. The first-order valence-electron chi connectivity index (χ1n) is 8.97. The molecule has 3 N–H and O–H groups in total. The Kier molecular flexibility index (Phi) is 6.33. The van der Waals surface area contributed by atoms with Crippen molar-refractivity contribution in [2.24, 2.45) is 0 Å². The Balaban J connectivity index is 1.59. The number of sulfonamides is 1. The summed E-state index contributed by atoms with van der Waals surface area (Å²) < 4.78 is 33.9. The Morgan fingerprint density at radius 2 is 1.90 bits per heavy atom. The van der Waals surface area contributed by atoms with E-state index in [1.807, 2.05) is 19.9 Å². The van der Waals surface area contributed by atoms with E-state index < -0.39 is 21.8 Å². The van der Waals surface area contributed by atoms with Crippen molar-refractivity contribution >= 4 is 21.8 Å². The molecule has 3 rings (SSSR count). The van der Waals surface area contributed by atoms with Gasteiger partial charge >= 0.3 is 0 Å². The molecule has 0 spiro atoms. The molecule has 1 aromatic carbocycles. The Bertz CT molecular complexity index is 1150. The molecule has 2 aromatic heterocycles. The number of amides is 2. The number of carbonyl (C=O) groups excluding carboxylic acids is 2. The van der Waals surface area contributed by atoms with Crippen LogP contribution in [0.2, 0.25) is 0 Å². The fourth-order valence-corrected chi connectivity index (χ4v) is 3.72. The molecule has 0 unspecified atom stereocenters. The Morgan fingerprint density at radius 1 is 1.10 bits per heavy atom. The summed E-state index contributed by atoms with van der Waals surface area (Å²) in [6, 6.07) is 10.6. The number of furan rings is 1. The van der Waals surface area contributed by atoms with E-state index >= 15 is 0 Å². The Labute approximate surface area is 173 Å². The average Bonchev–Trinajstić information content (AvgIpc) is 3.34. The normalized spacial score (nSPS) is 11.3. The van der Waals surface area contributed by atoms with Gasteiger partial charge in [0.2, 0.25) is 10.0 Å². The average molecular weight is 431 g/mol. The van der Waals surface area contributed by atoms with Gasteiger partial charge in [-0.3, -0.25) is 25.1 Å². The van der Waals surface area contributed by atoms with Crippen molar-refractivity contribution < 1.29 is 22.4 Å². The van der Waals surface area contributed by atoms with Crippen LogP contribution in [0.3, 0.4) is 0 Å². The molecule has 0 aliphatic carbocycles. The van der Waals surface area contributed by atoms with Crippen molar-refractivity contribution in [3.63, 3.8) is 0 Å². The summed E-state index contributed by atoms with van der Waals surface area (Å²) in [5, 5.41) is 4.17. The van der Waals surface area contributed by atoms with Crippen LogP contribution in [-0.4, -0.2) is 30.0 Å². The highest BCUT2D eigenvalue weighted by Crippen LogP contribution is 2.12. The number of aryl methyl sites for hydroxylation is 2. The molecule has 0 atom stereocenters. The lowest BCUT2D eigenvalue weighted by Crippen LogP contribution is -2.43. The third-order valence-corrected chi connectivity index (χ3v) is 5.53. The topological polar surface area (TPSA) is 135 Å². The zero-order valence-electron chi connectivity index (χ0n) is 16.4. The molecule has 0 fully saturated rings. The lowest BCUT2D eigenvalue weighted by Gasteiger charge is -2.10. The molecule has 158 valence electrons. The molecule has 0 bridgehead atoms. The number of rotatable bonds is 7. The van der Waals surface area contributed by atoms with E-state index in [0.717, 1.165) is 11.4 Å². The highest BCUT2D eigenvalue weighted by molar-refractivity contribution is 7.89. The largest absolute Gasteiger partial charge is 0.468 e. The molecule has 0 aliphatic rings. The van der Waals surface area contributed by atoms with Gasteiger partial charge in [0.15, 0.2) is 0 Å². The summed E-state index contributed by atoms with van der Waals surface area (Å²) in [6.07, 6.45) is 1.44. The van der Waals surface area contributed by atoms with E-state index in [1.165, 1.54) is 35.2 Å². The molecule has 0 radical (unpaired) electrons. The van der Waals surface area contributed by atoms with Gasteiger partial charge in [0.1, 0.15) is 12.3 Å². The zero-order chi connectivity index (χ0) is 21.7. The molecule has 30 heavy (non-hydrogen) atoms. The molecular weight excluding hydrogens is 410 g/mol. The maximum Gasteiger partial charge on any atom is 0.269 e. The van der Waals surface area contributed by atoms with Crippen LogP contribution in [0.15, 0.2) is 58.0 Å². The predicted molar refractivity (Wildman–Crippen MR) is 106 cm³/mol.